The number of ether oxygens (including phenoxy) is 1. The first-order valence-corrected chi connectivity index (χ1v) is 8.45. The van der Waals surface area contributed by atoms with Crippen molar-refractivity contribution in [1.29, 1.82) is 0 Å². The molecule has 1 aliphatic heterocycles. The van der Waals surface area contributed by atoms with Crippen LogP contribution in [0.2, 0.25) is 0 Å². The highest BCUT2D eigenvalue weighted by molar-refractivity contribution is 5.78. The molecule has 3 rings (SSSR count). The van der Waals surface area contributed by atoms with E-state index in [4.69, 9.17) is 4.74 Å². The quantitative estimate of drug-likeness (QED) is 0.841. The van der Waals surface area contributed by atoms with Gasteiger partial charge < -0.3 is 10.1 Å². The summed E-state index contributed by atoms with van der Waals surface area (Å²) in [6, 6.07) is 11.0. The summed E-state index contributed by atoms with van der Waals surface area (Å²) in [6.45, 7) is 5.10. The number of rotatable bonds is 7. The Labute approximate surface area is 132 Å². The van der Waals surface area contributed by atoms with Crippen LogP contribution in [0, 0.1) is 5.92 Å². The smallest absolute Gasteiger partial charge is 0.234 e. The molecule has 0 bridgehead atoms. The molecule has 22 heavy (non-hydrogen) atoms. The number of nitrogens with zero attached hydrogens (tertiary/aromatic N) is 1. The van der Waals surface area contributed by atoms with Gasteiger partial charge in [-0.25, -0.2) is 0 Å². The number of carbonyl (C=O) groups is 1. The summed E-state index contributed by atoms with van der Waals surface area (Å²) < 4.78 is 5.87. The first-order valence-electron chi connectivity index (χ1n) is 8.45. The van der Waals surface area contributed by atoms with Crippen LogP contribution in [0.4, 0.5) is 0 Å². The normalized spacial score (nSPS) is 24.6. The zero-order valence-electron chi connectivity index (χ0n) is 13.3. The lowest BCUT2D eigenvalue weighted by Crippen LogP contribution is -2.40. The molecular formula is C18H26N2O2. The molecule has 0 aromatic heterocycles. The maximum absolute atomic E-state index is 12.2. The van der Waals surface area contributed by atoms with Crippen LogP contribution in [0.3, 0.4) is 0 Å². The first kappa shape index (κ1) is 15.5. The molecule has 0 radical (unpaired) electrons. The molecule has 2 fully saturated rings. The van der Waals surface area contributed by atoms with Gasteiger partial charge in [-0.2, -0.15) is 0 Å². The predicted molar refractivity (Wildman–Crippen MR) is 86.5 cm³/mol. The van der Waals surface area contributed by atoms with Gasteiger partial charge in [-0.05, 0) is 31.4 Å². The third kappa shape index (κ3) is 3.87. The van der Waals surface area contributed by atoms with Crippen LogP contribution in [0.25, 0.3) is 0 Å². The summed E-state index contributed by atoms with van der Waals surface area (Å²) in [5.41, 5.74) is 1.22. The zero-order valence-corrected chi connectivity index (χ0v) is 13.3. The van der Waals surface area contributed by atoms with Crippen molar-refractivity contribution in [3.05, 3.63) is 35.9 Å². The van der Waals surface area contributed by atoms with Crippen molar-refractivity contribution in [3.8, 4) is 0 Å². The molecule has 2 aliphatic rings. The maximum atomic E-state index is 12.2. The minimum absolute atomic E-state index is 0.118. The van der Waals surface area contributed by atoms with Crippen molar-refractivity contribution >= 4 is 5.91 Å². The molecule has 1 aromatic carbocycles. The molecule has 1 N–H and O–H groups in total. The van der Waals surface area contributed by atoms with E-state index in [9.17, 15) is 4.79 Å². The van der Waals surface area contributed by atoms with E-state index < -0.39 is 0 Å². The standard InChI is InChI=1S/C18H26N2O2/c1-2-20(16-8-9-16)13-17(21)19-12-15-10-11-22-18(15)14-6-4-3-5-7-14/h3-7,15-16,18H,2,8-13H2,1H3,(H,19,21)/t15-,18-/m1/s1. The van der Waals surface area contributed by atoms with Crippen LogP contribution in [0.1, 0.15) is 37.9 Å². The van der Waals surface area contributed by atoms with Gasteiger partial charge in [0.2, 0.25) is 5.91 Å². The molecule has 1 aromatic rings. The molecule has 1 heterocycles. The van der Waals surface area contributed by atoms with E-state index >= 15 is 0 Å². The molecule has 1 saturated carbocycles. The fourth-order valence-electron chi connectivity index (χ4n) is 3.28. The SMILES string of the molecule is CCN(CC(=O)NC[C@H]1CCO[C@@H]1c1ccccc1)C1CC1. The van der Waals surface area contributed by atoms with Crippen molar-refractivity contribution in [3.63, 3.8) is 0 Å². The number of hydrogen-bond acceptors (Lipinski definition) is 3. The average Bonchev–Trinajstić information content (AvgIpc) is 3.29. The minimum Gasteiger partial charge on any atom is -0.373 e. The number of likely N-dealkylation sites (N-methyl/N-ethyl adjacent to an activating group) is 1. The van der Waals surface area contributed by atoms with Crippen LogP contribution in [0.15, 0.2) is 30.3 Å². The number of amides is 1. The lowest BCUT2D eigenvalue weighted by Gasteiger charge is -2.22. The lowest BCUT2D eigenvalue weighted by molar-refractivity contribution is -0.122. The van der Waals surface area contributed by atoms with Gasteiger partial charge in [0.25, 0.3) is 0 Å². The lowest BCUT2D eigenvalue weighted by atomic mass is 9.95. The second-order valence-electron chi connectivity index (χ2n) is 6.35. The third-order valence-electron chi connectivity index (χ3n) is 4.72. The van der Waals surface area contributed by atoms with Crippen molar-refractivity contribution in [2.45, 2.75) is 38.3 Å². The highest BCUT2D eigenvalue weighted by Crippen LogP contribution is 2.33. The fraction of sp³-hybridized carbons (Fsp3) is 0.611. The Hall–Kier alpha value is -1.39. The average molecular weight is 302 g/mol. The van der Waals surface area contributed by atoms with E-state index in [2.05, 4.69) is 29.3 Å². The zero-order chi connectivity index (χ0) is 15.4. The van der Waals surface area contributed by atoms with E-state index in [1.807, 2.05) is 18.2 Å². The molecule has 120 valence electrons. The van der Waals surface area contributed by atoms with E-state index in [0.717, 1.165) is 19.6 Å². The summed E-state index contributed by atoms with van der Waals surface area (Å²) in [7, 11) is 0. The van der Waals surface area contributed by atoms with Gasteiger partial charge in [-0.1, -0.05) is 37.3 Å². The molecule has 0 unspecified atom stereocenters. The number of benzene rings is 1. The van der Waals surface area contributed by atoms with Crippen molar-refractivity contribution in [2.75, 3.05) is 26.2 Å². The fourth-order valence-corrected chi connectivity index (χ4v) is 3.28. The molecule has 4 nitrogen and oxygen atoms in total. The molecule has 4 heteroatoms. The van der Waals surface area contributed by atoms with E-state index in [1.165, 1.54) is 18.4 Å². The van der Waals surface area contributed by atoms with E-state index in [1.54, 1.807) is 0 Å². The summed E-state index contributed by atoms with van der Waals surface area (Å²) in [4.78, 5) is 14.4. The van der Waals surface area contributed by atoms with Crippen molar-refractivity contribution in [2.24, 2.45) is 5.92 Å². The van der Waals surface area contributed by atoms with Gasteiger partial charge in [-0.15, -0.1) is 0 Å². The van der Waals surface area contributed by atoms with Crippen LogP contribution in [-0.4, -0.2) is 43.1 Å². The topological polar surface area (TPSA) is 41.6 Å². The van der Waals surface area contributed by atoms with Crippen LogP contribution in [0.5, 0.6) is 0 Å². The Bertz CT molecular complexity index is 487. The van der Waals surface area contributed by atoms with Crippen LogP contribution >= 0.6 is 0 Å². The van der Waals surface area contributed by atoms with Gasteiger partial charge in [0, 0.05) is 25.1 Å². The van der Waals surface area contributed by atoms with Gasteiger partial charge >= 0.3 is 0 Å². The molecular weight excluding hydrogens is 276 g/mol. The number of nitrogens with one attached hydrogen (secondary N) is 1. The van der Waals surface area contributed by atoms with Crippen LogP contribution in [-0.2, 0) is 9.53 Å². The Morgan fingerprint density at radius 1 is 1.27 bits per heavy atom. The summed E-state index contributed by atoms with van der Waals surface area (Å²) >= 11 is 0. The Morgan fingerprint density at radius 2 is 2.05 bits per heavy atom. The first-order chi connectivity index (χ1) is 10.8. The van der Waals surface area contributed by atoms with E-state index in [0.29, 0.717) is 25.0 Å². The summed E-state index contributed by atoms with van der Waals surface area (Å²) in [5.74, 6) is 0.523. The molecule has 1 saturated heterocycles. The van der Waals surface area contributed by atoms with E-state index in [-0.39, 0.29) is 12.0 Å². The van der Waals surface area contributed by atoms with Gasteiger partial charge in [-0.3, -0.25) is 9.69 Å². The summed E-state index contributed by atoms with van der Waals surface area (Å²) in [6.07, 6.45) is 3.62. The van der Waals surface area contributed by atoms with Gasteiger partial charge in [0.05, 0.1) is 12.6 Å². The largest absolute Gasteiger partial charge is 0.373 e. The predicted octanol–water partition coefficient (Wildman–Crippen LogP) is 2.36. The monoisotopic (exact) mass is 302 g/mol. The number of carbonyl (C=O) groups excluding carboxylic acids is 1. The van der Waals surface area contributed by atoms with Gasteiger partial charge in [0.1, 0.15) is 0 Å². The van der Waals surface area contributed by atoms with Crippen LogP contribution < -0.4 is 5.32 Å². The Kier molecular flexibility index (Phi) is 5.11. The minimum atomic E-state index is 0.118. The molecule has 0 spiro atoms. The van der Waals surface area contributed by atoms with Crippen molar-refractivity contribution in [1.82, 2.24) is 10.2 Å². The molecule has 2 atom stereocenters. The molecule has 1 aliphatic carbocycles. The van der Waals surface area contributed by atoms with Crippen molar-refractivity contribution < 1.29 is 9.53 Å². The second kappa shape index (κ2) is 7.25. The maximum Gasteiger partial charge on any atom is 0.234 e. The Balaban J connectivity index is 1.48. The van der Waals surface area contributed by atoms with Gasteiger partial charge in [0.15, 0.2) is 0 Å². The highest BCUT2D eigenvalue weighted by atomic mass is 16.5. The third-order valence-corrected chi connectivity index (χ3v) is 4.72. The second-order valence-corrected chi connectivity index (χ2v) is 6.35. The summed E-state index contributed by atoms with van der Waals surface area (Å²) in [5, 5.41) is 3.11. The molecule has 1 amide bonds. The number of hydrogen-bond donors (Lipinski definition) is 1. The highest BCUT2D eigenvalue weighted by Gasteiger charge is 2.31. The Morgan fingerprint density at radius 3 is 2.73 bits per heavy atom.